The van der Waals surface area contributed by atoms with Crippen molar-refractivity contribution in [3.8, 4) is 67.1 Å². The highest BCUT2D eigenvalue weighted by Crippen LogP contribution is 2.55. The van der Waals surface area contributed by atoms with Gasteiger partial charge < -0.3 is 9.64 Å². The zero-order chi connectivity index (χ0) is 35.8. The van der Waals surface area contributed by atoms with E-state index in [0.29, 0.717) is 0 Å². The molecule has 1 aliphatic rings. The van der Waals surface area contributed by atoms with Gasteiger partial charge >= 0.3 is 0 Å². The Kier molecular flexibility index (Phi) is 7.85. The van der Waals surface area contributed by atoms with Gasteiger partial charge in [-0.05, 0) is 92.2 Å². The number of ether oxygens (including phenoxy) is 1. The van der Waals surface area contributed by atoms with Crippen molar-refractivity contribution in [2.45, 2.75) is 0 Å². The van der Waals surface area contributed by atoms with E-state index in [2.05, 4.69) is 217 Å². The van der Waals surface area contributed by atoms with Gasteiger partial charge in [-0.2, -0.15) is 0 Å². The molecular formula is C52H35NO. The van der Waals surface area contributed by atoms with E-state index in [9.17, 15) is 0 Å². The van der Waals surface area contributed by atoms with Gasteiger partial charge in [0, 0.05) is 28.1 Å². The lowest BCUT2D eigenvalue weighted by Gasteiger charge is -2.29. The molecule has 0 spiro atoms. The van der Waals surface area contributed by atoms with E-state index in [1.54, 1.807) is 0 Å². The minimum Gasteiger partial charge on any atom is -0.453 e. The summed E-state index contributed by atoms with van der Waals surface area (Å²) in [5.41, 5.74) is 14.4. The summed E-state index contributed by atoms with van der Waals surface area (Å²) in [6.45, 7) is 0. The molecule has 2 nitrogen and oxygen atoms in total. The van der Waals surface area contributed by atoms with Gasteiger partial charge in [-0.15, -0.1) is 0 Å². The zero-order valence-corrected chi connectivity index (χ0v) is 29.6. The van der Waals surface area contributed by atoms with Crippen LogP contribution in [0.4, 0.5) is 17.1 Å². The lowest BCUT2D eigenvalue weighted by Crippen LogP contribution is -2.11. The first-order valence-electron chi connectivity index (χ1n) is 18.4. The Morgan fingerprint density at radius 3 is 1.20 bits per heavy atom. The maximum absolute atomic E-state index is 7.40. The Balaban J connectivity index is 1.21. The average Bonchev–Trinajstić information content (AvgIpc) is 3.39. The molecule has 54 heavy (non-hydrogen) atoms. The standard InChI is InChI=1S/C52H35NO/c1-4-14-36(15-5-1)38-26-30-43(31-27-38)53(44-32-28-39(29-33-44)37-16-6-2-7-17-37)50-25-13-24-47-49-35-42-21-11-10-20-41(42)34-48(49)46-23-12-22-45(51(46)54-52(47)50)40-18-8-3-9-19-40/h1-35H. The normalized spacial score (nSPS) is 11.5. The molecule has 1 heterocycles. The summed E-state index contributed by atoms with van der Waals surface area (Å²) < 4.78 is 7.40. The SMILES string of the molecule is c1ccc(-c2ccc(N(c3ccc(-c4ccccc4)cc3)c3cccc4c3Oc3c(-c5ccccc5)cccc3-c3cc5ccccc5cc3-4)cc2)cc1. The first-order chi connectivity index (χ1) is 26.8. The maximum Gasteiger partial charge on any atom is 0.159 e. The Bertz CT molecular complexity index is 2670. The molecule has 0 aromatic heterocycles. The maximum atomic E-state index is 7.40. The molecule has 0 saturated carbocycles. The third kappa shape index (κ3) is 5.62. The van der Waals surface area contributed by atoms with Gasteiger partial charge in [0.15, 0.2) is 5.75 Å². The van der Waals surface area contributed by atoms with E-state index in [0.717, 1.165) is 61.9 Å². The first-order valence-corrected chi connectivity index (χ1v) is 18.4. The first kappa shape index (κ1) is 31.6. The molecule has 1 aliphatic heterocycles. The van der Waals surface area contributed by atoms with Crippen molar-refractivity contribution in [2.24, 2.45) is 0 Å². The van der Waals surface area contributed by atoms with Crippen molar-refractivity contribution in [1.82, 2.24) is 0 Å². The molecule has 0 bridgehead atoms. The highest BCUT2D eigenvalue weighted by Gasteiger charge is 2.28. The minimum absolute atomic E-state index is 0.815. The molecule has 0 unspecified atom stereocenters. The van der Waals surface area contributed by atoms with Gasteiger partial charge in [0.05, 0.1) is 5.69 Å². The highest BCUT2D eigenvalue weighted by atomic mass is 16.5. The summed E-state index contributed by atoms with van der Waals surface area (Å²) in [6.07, 6.45) is 0. The molecule has 0 saturated heterocycles. The topological polar surface area (TPSA) is 12.5 Å². The second-order valence-electron chi connectivity index (χ2n) is 13.7. The molecule has 9 aromatic carbocycles. The molecule has 254 valence electrons. The molecule has 0 aliphatic carbocycles. The Hall–Kier alpha value is -7.16. The number of para-hydroxylation sites is 2. The lowest BCUT2D eigenvalue weighted by atomic mass is 9.90. The second-order valence-corrected chi connectivity index (χ2v) is 13.7. The molecular weight excluding hydrogens is 655 g/mol. The van der Waals surface area contributed by atoms with Gasteiger partial charge in [0.25, 0.3) is 0 Å². The molecule has 2 heteroatoms. The summed E-state index contributed by atoms with van der Waals surface area (Å²) in [4.78, 5) is 2.33. The number of hydrogen-bond acceptors (Lipinski definition) is 2. The fraction of sp³-hybridized carbons (Fsp3) is 0. The van der Waals surface area contributed by atoms with Gasteiger partial charge in [-0.25, -0.2) is 0 Å². The highest BCUT2D eigenvalue weighted by molar-refractivity contribution is 6.03. The van der Waals surface area contributed by atoms with Crippen LogP contribution in [0, 0.1) is 0 Å². The van der Waals surface area contributed by atoms with Crippen LogP contribution >= 0.6 is 0 Å². The van der Waals surface area contributed by atoms with Crippen LogP contribution < -0.4 is 9.64 Å². The summed E-state index contributed by atoms with van der Waals surface area (Å²) >= 11 is 0. The molecule has 0 radical (unpaired) electrons. The summed E-state index contributed by atoms with van der Waals surface area (Å²) in [7, 11) is 0. The summed E-state index contributed by atoms with van der Waals surface area (Å²) in [5.74, 6) is 1.67. The van der Waals surface area contributed by atoms with Crippen LogP contribution in [0.1, 0.15) is 0 Å². The molecule has 10 rings (SSSR count). The Morgan fingerprint density at radius 2 is 0.685 bits per heavy atom. The summed E-state index contributed by atoms with van der Waals surface area (Å²) in [6, 6.07) is 75.7. The molecule has 0 amide bonds. The number of fused-ring (bicyclic) bond motifs is 6. The largest absolute Gasteiger partial charge is 0.453 e. The number of anilines is 3. The van der Waals surface area contributed by atoms with Gasteiger partial charge in [-0.3, -0.25) is 0 Å². The van der Waals surface area contributed by atoms with Crippen LogP contribution in [-0.4, -0.2) is 0 Å². The van der Waals surface area contributed by atoms with Gasteiger partial charge in [-0.1, -0.05) is 170 Å². The fourth-order valence-corrected chi connectivity index (χ4v) is 7.81. The van der Waals surface area contributed by atoms with Crippen LogP contribution in [0.25, 0.3) is 66.4 Å². The number of nitrogens with zero attached hydrogens (tertiary/aromatic N) is 1. The quantitative estimate of drug-likeness (QED) is 0.172. The van der Waals surface area contributed by atoms with Crippen molar-refractivity contribution in [3.63, 3.8) is 0 Å². The Morgan fingerprint density at radius 1 is 0.278 bits per heavy atom. The predicted octanol–water partition coefficient (Wildman–Crippen LogP) is 14.8. The molecule has 0 atom stereocenters. The second kappa shape index (κ2) is 13.4. The zero-order valence-electron chi connectivity index (χ0n) is 29.6. The van der Waals surface area contributed by atoms with Crippen molar-refractivity contribution in [1.29, 1.82) is 0 Å². The van der Waals surface area contributed by atoms with E-state index in [-0.39, 0.29) is 0 Å². The van der Waals surface area contributed by atoms with Crippen LogP contribution in [0.3, 0.4) is 0 Å². The minimum atomic E-state index is 0.815. The third-order valence-electron chi connectivity index (χ3n) is 10.5. The van der Waals surface area contributed by atoms with Crippen LogP contribution in [-0.2, 0) is 0 Å². The van der Waals surface area contributed by atoms with Gasteiger partial charge in [0.2, 0.25) is 0 Å². The molecule has 0 fully saturated rings. The lowest BCUT2D eigenvalue weighted by molar-refractivity contribution is 0.490. The number of benzene rings is 9. The monoisotopic (exact) mass is 689 g/mol. The van der Waals surface area contributed by atoms with E-state index in [1.807, 2.05) is 0 Å². The van der Waals surface area contributed by atoms with Crippen molar-refractivity contribution in [3.05, 3.63) is 212 Å². The van der Waals surface area contributed by atoms with Crippen LogP contribution in [0.15, 0.2) is 212 Å². The predicted molar refractivity (Wildman–Crippen MR) is 226 cm³/mol. The van der Waals surface area contributed by atoms with E-state index in [4.69, 9.17) is 4.74 Å². The van der Waals surface area contributed by atoms with E-state index in [1.165, 1.54) is 33.0 Å². The van der Waals surface area contributed by atoms with E-state index < -0.39 is 0 Å². The fourth-order valence-electron chi connectivity index (χ4n) is 7.81. The number of hydrogen-bond donors (Lipinski definition) is 0. The van der Waals surface area contributed by atoms with Gasteiger partial charge in [0.1, 0.15) is 5.75 Å². The van der Waals surface area contributed by atoms with Crippen LogP contribution in [0.2, 0.25) is 0 Å². The average molecular weight is 690 g/mol. The van der Waals surface area contributed by atoms with Crippen molar-refractivity contribution >= 4 is 27.8 Å². The third-order valence-corrected chi connectivity index (χ3v) is 10.5. The van der Waals surface area contributed by atoms with Crippen LogP contribution in [0.5, 0.6) is 11.5 Å². The smallest absolute Gasteiger partial charge is 0.159 e. The molecule has 0 N–H and O–H groups in total. The number of rotatable bonds is 6. The van der Waals surface area contributed by atoms with Crippen molar-refractivity contribution < 1.29 is 4.74 Å². The van der Waals surface area contributed by atoms with Crippen molar-refractivity contribution in [2.75, 3.05) is 4.90 Å². The van der Waals surface area contributed by atoms with E-state index >= 15 is 0 Å². The summed E-state index contributed by atoms with van der Waals surface area (Å²) in [5, 5.41) is 2.39. The molecule has 9 aromatic rings. The Labute approximate surface area is 315 Å².